The summed E-state index contributed by atoms with van der Waals surface area (Å²) in [6.45, 7) is 11.4. The molecule has 24 heavy (non-hydrogen) atoms. The van der Waals surface area contributed by atoms with Crippen LogP contribution in [0.15, 0.2) is 23.3 Å². The molecule has 0 radical (unpaired) electrons. The molecule has 0 bridgehead atoms. The monoisotopic (exact) mass is 336 g/mol. The Morgan fingerprint density at radius 2 is 1.38 bits per heavy atom. The van der Waals surface area contributed by atoms with Crippen LogP contribution in [0.2, 0.25) is 0 Å². The average molecular weight is 337 g/mol. The van der Waals surface area contributed by atoms with Gasteiger partial charge in [-0.2, -0.15) is 0 Å². The fraction of sp³-hybridized carbons (Fsp3) is 0.773. The minimum atomic E-state index is -0.669. The predicted molar refractivity (Wildman–Crippen MR) is 105 cm³/mol. The number of unbranched alkanes of at least 4 members (excludes halogenated alkanes) is 4. The van der Waals surface area contributed by atoms with E-state index in [0.717, 1.165) is 19.3 Å². The number of aliphatic carboxylic acids is 1. The van der Waals surface area contributed by atoms with Crippen molar-refractivity contribution in [3.8, 4) is 0 Å². The number of allylic oxidation sites excluding steroid dienone is 4. The maximum atomic E-state index is 10.4. The normalized spacial score (nSPS) is 15.4. The standard InChI is InChI=1S/C22H40O2/c1-6-12-18(2)15-20(4)17-21(5)16-19(3)13-10-8-7-9-11-14-22(23)24/h15-16,18-19H,6-14,17H2,1-5H3,(H,23,24)/b20-15-,21-16+/t18-,19+/m1/s1. The predicted octanol–water partition coefficient (Wildman–Crippen LogP) is 7.16. The maximum Gasteiger partial charge on any atom is 0.303 e. The van der Waals surface area contributed by atoms with E-state index in [-0.39, 0.29) is 0 Å². The van der Waals surface area contributed by atoms with E-state index in [1.54, 1.807) is 0 Å². The summed E-state index contributed by atoms with van der Waals surface area (Å²) in [7, 11) is 0. The summed E-state index contributed by atoms with van der Waals surface area (Å²) in [4.78, 5) is 10.4. The molecule has 2 atom stereocenters. The largest absolute Gasteiger partial charge is 0.481 e. The molecule has 0 spiro atoms. The molecule has 0 fully saturated rings. The molecule has 0 saturated heterocycles. The van der Waals surface area contributed by atoms with E-state index in [9.17, 15) is 4.79 Å². The third kappa shape index (κ3) is 14.5. The van der Waals surface area contributed by atoms with Crippen LogP contribution in [0.4, 0.5) is 0 Å². The van der Waals surface area contributed by atoms with Crippen molar-refractivity contribution in [3.63, 3.8) is 0 Å². The van der Waals surface area contributed by atoms with Crippen molar-refractivity contribution in [2.75, 3.05) is 0 Å². The summed E-state index contributed by atoms with van der Waals surface area (Å²) in [6, 6.07) is 0. The van der Waals surface area contributed by atoms with E-state index in [0.29, 0.717) is 18.3 Å². The van der Waals surface area contributed by atoms with Gasteiger partial charge in [-0.1, -0.05) is 76.2 Å². The molecule has 2 nitrogen and oxygen atoms in total. The second-order valence-electron chi connectivity index (χ2n) is 7.65. The molecule has 0 aliphatic heterocycles. The van der Waals surface area contributed by atoms with Crippen LogP contribution in [0.5, 0.6) is 0 Å². The van der Waals surface area contributed by atoms with Gasteiger partial charge in [-0.15, -0.1) is 0 Å². The zero-order chi connectivity index (χ0) is 18.4. The topological polar surface area (TPSA) is 37.3 Å². The lowest BCUT2D eigenvalue weighted by molar-refractivity contribution is -0.137. The third-order valence-corrected chi connectivity index (χ3v) is 4.49. The van der Waals surface area contributed by atoms with E-state index >= 15 is 0 Å². The summed E-state index contributed by atoms with van der Waals surface area (Å²) in [5, 5.41) is 8.60. The highest BCUT2D eigenvalue weighted by molar-refractivity contribution is 5.66. The molecule has 0 amide bonds. The Morgan fingerprint density at radius 3 is 1.92 bits per heavy atom. The number of hydrogen-bond donors (Lipinski definition) is 1. The van der Waals surface area contributed by atoms with Crippen LogP contribution >= 0.6 is 0 Å². The van der Waals surface area contributed by atoms with Gasteiger partial charge in [-0.05, 0) is 51.4 Å². The van der Waals surface area contributed by atoms with Crippen molar-refractivity contribution in [2.45, 2.75) is 98.8 Å². The number of carboxylic acid groups (broad SMARTS) is 1. The van der Waals surface area contributed by atoms with Crippen molar-refractivity contribution < 1.29 is 9.90 Å². The van der Waals surface area contributed by atoms with E-state index in [1.165, 1.54) is 49.7 Å². The molecule has 2 heteroatoms. The Hall–Kier alpha value is -1.05. The minimum absolute atomic E-state index is 0.322. The van der Waals surface area contributed by atoms with Crippen LogP contribution in [-0.2, 0) is 4.79 Å². The second-order valence-corrected chi connectivity index (χ2v) is 7.65. The van der Waals surface area contributed by atoms with Gasteiger partial charge in [0.25, 0.3) is 0 Å². The highest BCUT2D eigenvalue weighted by Crippen LogP contribution is 2.19. The maximum absolute atomic E-state index is 10.4. The Labute approximate surface area is 150 Å². The minimum Gasteiger partial charge on any atom is -0.481 e. The fourth-order valence-electron chi connectivity index (χ4n) is 3.42. The van der Waals surface area contributed by atoms with Gasteiger partial charge in [-0.3, -0.25) is 4.79 Å². The van der Waals surface area contributed by atoms with Gasteiger partial charge in [0.05, 0.1) is 0 Å². The van der Waals surface area contributed by atoms with Crippen LogP contribution in [0.25, 0.3) is 0 Å². The molecule has 0 saturated carbocycles. The molecule has 0 rings (SSSR count). The number of rotatable bonds is 14. The smallest absolute Gasteiger partial charge is 0.303 e. The summed E-state index contributed by atoms with van der Waals surface area (Å²) in [5.74, 6) is 0.670. The Morgan fingerprint density at radius 1 is 0.875 bits per heavy atom. The first-order chi connectivity index (χ1) is 11.3. The highest BCUT2D eigenvalue weighted by Gasteiger charge is 2.03. The number of carboxylic acids is 1. The lowest BCUT2D eigenvalue weighted by atomic mass is 9.96. The van der Waals surface area contributed by atoms with E-state index in [4.69, 9.17) is 5.11 Å². The zero-order valence-corrected chi connectivity index (χ0v) is 16.7. The first-order valence-electron chi connectivity index (χ1n) is 9.91. The van der Waals surface area contributed by atoms with Gasteiger partial charge < -0.3 is 5.11 Å². The van der Waals surface area contributed by atoms with Gasteiger partial charge in [0.2, 0.25) is 0 Å². The van der Waals surface area contributed by atoms with Crippen molar-refractivity contribution in [1.82, 2.24) is 0 Å². The molecular weight excluding hydrogens is 296 g/mol. The molecule has 0 unspecified atom stereocenters. The fourth-order valence-corrected chi connectivity index (χ4v) is 3.42. The molecule has 0 aromatic rings. The van der Waals surface area contributed by atoms with Gasteiger partial charge in [0.1, 0.15) is 0 Å². The van der Waals surface area contributed by atoms with Crippen LogP contribution in [0.1, 0.15) is 98.8 Å². The Balaban J connectivity index is 3.92. The van der Waals surface area contributed by atoms with E-state index in [1.807, 2.05) is 0 Å². The number of carbonyl (C=O) groups is 1. The van der Waals surface area contributed by atoms with Crippen molar-refractivity contribution in [2.24, 2.45) is 11.8 Å². The molecular formula is C22H40O2. The third-order valence-electron chi connectivity index (χ3n) is 4.49. The first kappa shape index (κ1) is 22.9. The van der Waals surface area contributed by atoms with E-state index in [2.05, 4.69) is 46.8 Å². The summed E-state index contributed by atoms with van der Waals surface area (Å²) < 4.78 is 0. The van der Waals surface area contributed by atoms with Crippen LogP contribution in [0.3, 0.4) is 0 Å². The van der Waals surface area contributed by atoms with Crippen LogP contribution in [-0.4, -0.2) is 11.1 Å². The molecule has 0 aliphatic rings. The lowest BCUT2D eigenvalue weighted by Crippen LogP contribution is -1.95. The number of hydrogen-bond acceptors (Lipinski definition) is 1. The summed E-state index contributed by atoms with van der Waals surface area (Å²) in [6.07, 6.45) is 15.6. The Kier molecular flexibility index (Phi) is 13.7. The summed E-state index contributed by atoms with van der Waals surface area (Å²) in [5.41, 5.74) is 2.98. The second kappa shape index (κ2) is 14.3. The van der Waals surface area contributed by atoms with Gasteiger partial charge >= 0.3 is 5.97 Å². The average Bonchev–Trinajstić information content (AvgIpc) is 2.45. The molecule has 0 aliphatic carbocycles. The molecule has 140 valence electrons. The van der Waals surface area contributed by atoms with E-state index < -0.39 is 5.97 Å². The molecule has 1 N–H and O–H groups in total. The zero-order valence-electron chi connectivity index (χ0n) is 16.7. The highest BCUT2D eigenvalue weighted by atomic mass is 16.4. The molecule has 0 heterocycles. The van der Waals surface area contributed by atoms with Crippen LogP contribution in [0, 0.1) is 11.8 Å². The van der Waals surface area contributed by atoms with Gasteiger partial charge in [0.15, 0.2) is 0 Å². The van der Waals surface area contributed by atoms with Crippen molar-refractivity contribution >= 4 is 5.97 Å². The SMILES string of the molecule is CCC[C@@H](C)/C=C(/C)C/C(C)=C/[C@@H](C)CCCCCCCC(=O)O. The van der Waals surface area contributed by atoms with Crippen molar-refractivity contribution in [3.05, 3.63) is 23.3 Å². The van der Waals surface area contributed by atoms with Crippen molar-refractivity contribution in [1.29, 1.82) is 0 Å². The van der Waals surface area contributed by atoms with Gasteiger partial charge in [-0.25, -0.2) is 0 Å². The lowest BCUT2D eigenvalue weighted by Gasteiger charge is -2.11. The molecule has 0 aromatic carbocycles. The summed E-state index contributed by atoms with van der Waals surface area (Å²) >= 11 is 0. The van der Waals surface area contributed by atoms with Gasteiger partial charge in [0, 0.05) is 6.42 Å². The van der Waals surface area contributed by atoms with Crippen LogP contribution < -0.4 is 0 Å². The molecule has 0 aromatic heterocycles. The quantitative estimate of drug-likeness (QED) is 0.270. The Bertz CT molecular complexity index is 393. The first-order valence-corrected chi connectivity index (χ1v) is 9.91.